The maximum atomic E-state index is 12.0. The molecule has 1 aromatic rings. The minimum absolute atomic E-state index is 0.0863. The Morgan fingerprint density at radius 3 is 2.69 bits per heavy atom. The Labute approximate surface area is 108 Å². The molecule has 0 aromatic heterocycles. The van der Waals surface area contributed by atoms with Gasteiger partial charge >= 0.3 is 0 Å². The van der Waals surface area contributed by atoms with E-state index in [1.54, 1.807) is 20.3 Å². The van der Waals surface area contributed by atoms with Crippen LogP contribution < -0.4 is 9.47 Å². The molecule has 4 heteroatoms. The second kappa shape index (κ2) is 4.61. The number of alkyl halides is 1. The van der Waals surface area contributed by atoms with Gasteiger partial charge in [0.15, 0.2) is 17.3 Å². The fourth-order valence-electron chi connectivity index (χ4n) is 2.04. The highest BCUT2D eigenvalue weighted by Crippen LogP contribution is 2.38. The molecule has 1 aliphatic carbocycles. The van der Waals surface area contributed by atoms with E-state index in [0.717, 1.165) is 24.0 Å². The molecule has 1 aromatic carbocycles. The molecule has 16 heavy (non-hydrogen) atoms. The molecule has 0 bridgehead atoms. The molecule has 1 unspecified atom stereocenters. The molecule has 0 saturated heterocycles. The second-order valence-corrected chi connectivity index (χ2v) is 5.20. The molecule has 0 N–H and O–H groups in total. The van der Waals surface area contributed by atoms with Gasteiger partial charge < -0.3 is 9.47 Å². The quantitative estimate of drug-likeness (QED) is 0.617. The third-order valence-electron chi connectivity index (χ3n) is 2.85. The molecule has 0 saturated carbocycles. The van der Waals surface area contributed by atoms with Gasteiger partial charge in [0.1, 0.15) is 0 Å². The zero-order valence-electron chi connectivity index (χ0n) is 9.25. The molecule has 2 rings (SSSR count). The highest BCUT2D eigenvalue weighted by Gasteiger charge is 2.28. The molecular weight excluding hydrogens is 319 g/mol. The van der Waals surface area contributed by atoms with Crippen LogP contribution in [0.4, 0.5) is 0 Å². The van der Waals surface area contributed by atoms with Gasteiger partial charge in [-0.2, -0.15) is 0 Å². The highest BCUT2D eigenvalue weighted by atomic mass is 127. The van der Waals surface area contributed by atoms with Crippen LogP contribution in [0.1, 0.15) is 22.3 Å². The van der Waals surface area contributed by atoms with Gasteiger partial charge in [-0.25, -0.2) is 0 Å². The monoisotopic (exact) mass is 332 g/mol. The molecule has 1 aliphatic rings. The van der Waals surface area contributed by atoms with Crippen LogP contribution >= 0.6 is 22.6 Å². The van der Waals surface area contributed by atoms with Crippen LogP contribution in [0.2, 0.25) is 0 Å². The Morgan fingerprint density at radius 2 is 2.06 bits per heavy atom. The minimum Gasteiger partial charge on any atom is -0.493 e. The van der Waals surface area contributed by atoms with Crippen LogP contribution in [-0.2, 0) is 6.42 Å². The lowest BCUT2D eigenvalue weighted by Crippen LogP contribution is -2.22. The van der Waals surface area contributed by atoms with Crippen molar-refractivity contribution in [3.63, 3.8) is 0 Å². The standard InChI is InChI=1S/C12H13IO3/c1-15-10-6-4-7-8(12(10)16-2)3-5-9(13)11(7)14/h4,6,9H,3,5H2,1-2H3. The van der Waals surface area contributed by atoms with Crippen LogP contribution in [0.25, 0.3) is 0 Å². The Bertz CT molecular complexity index is 429. The summed E-state index contributed by atoms with van der Waals surface area (Å²) in [5, 5.41) is 0. The Hall–Kier alpha value is -0.780. The van der Waals surface area contributed by atoms with Crippen LogP contribution in [0.5, 0.6) is 11.5 Å². The first-order valence-electron chi connectivity index (χ1n) is 5.11. The van der Waals surface area contributed by atoms with E-state index in [1.807, 2.05) is 6.07 Å². The summed E-state index contributed by atoms with van der Waals surface area (Å²) in [4.78, 5) is 12.0. The zero-order chi connectivity index (χ0) is 11.7. The van der Waals surface area contributed by atoms with E-state index in [1.165, 1.54) is 0 Å². The van der Waals surface area contributed by atoms with Crippen molar-refractivity contribution in [1.82, 2.24) is 0 Å². The fraction of sp³-hybridized carbons (Fsp3) is 0.417. The first-order chi connectivity index (χ1) is 7.69. The SMILES string of the molecule is COc1ccc2c(c1OC)CCC(I)C2=O. The van der Waals surface area contributed by atoms with Crippen LogP contribution in [0.3, 0.4) is 0 Å². The number of methoxy groups -OCH3 is 2. The molecule has 86 valence electrons. The van der Waals surface area contributed by atoms with Crippen molar-refractivity contribution in [2.75, 3.05) is 14.2 Å². The number of carbonyl (C=O) groups is 1. The molecular formula is C12H13IO3. The van der Waals surface area contributed by atoms with Crippen LogP contribution in [-0.4, -0.2) is 23.9 Å². The van der Waals surface area contributed by atoms with Crippen molar-refractivity contribution < 1.29 is 14.3 Å². The summed E-state index contributed by atoms with van der Waals surface area (Å²) in [5.41, 5.74) is 1.77. The van der Waals surface area contributed by atoms with Crippen LogP contribution in [0, 0.1) is 0 Å². The van der Waals surface area contributed by atoms with Gasteiger partial charge in [-0.15, -0.1) is 0 Å². The predicted molar refractivity (Wildman–Crippen MR) is 70.0 cm³/mol. The lowest BCUT2D eigenvalue weighted by atomic mass is 9.89. The van der Waals surface area contributed by atoms with Crippen molar-refractivity contribution >= 4 is 28.4 Å². The van der Waals surface area contributed by atoms with Crippen molar-refractivity contribution in [3.05, 3.63) is 23.3 Å². The maximum absolute atomic E-state index is 12.0. The second-order valence-electron chi connectivity index (χ2n) is 3.70. The number of fused-ring (bicyclic) bond motifs is 1. The van der Waals surface area contributed by atoms with Gasteiger partial charge in [-0.05, 0) is 25.0 Å². The third-order valence-corrected chi connectivity index (χ3v) is 4.03. The largest absolute Gasteiger partial charge is 0.493 e. The first kappa shape index (κ1) is 11.7. The van der Waals surface area contributed by atoms with Crippen molar-refractivity contribution in [1.29, 1.82) is 0 Å². The number of halogens is 1. The first-order valence-corrected chi connectivity index (χ1v) is 6.35. The van der Waals surface area contributed by atoms with Gasteiger partial charge in [0.2, 0.25) is 0 Å². The Kier molecular flexibility index (Phi) is 3.37. The number of ether oxygens (including phenoxy) is 2. The van der Waals surface area contributed by atoms with Crippen molar-refractivity contribution in [2.45, 2.75) is 16.8 Å². The number of hydrogen-bond donors (Lipinski definition) is 0. The average Bonchev–Trinajstić information content (AvgIpc) is 2.32. The van der Waals surface area contributed by atoms with Crippen molar-refractivity contribution in [3.8, 4) is 11.5 Å². The van der Waals surface area contributed by atoms with E-state index in [9.17, 15) is 4.79 Å². The lowest BCUT2D eigenvalue weighted by molar-refractivity contribution is 0.0984. The van der Waals surface area contributed by atoms with Crippen molar-refractivity contribution in [2.24, 2.45) is 0 Å². The molecule has 1 atom stereocenters. The summed E-state index contributed by atoms with van der Waals surface area (Å²) in [6.45, 7) is 0. The summed E-state index contributed by atoms with van der Waals surface area (Å²) >= 11 is 2.20. The number of Topliss-reactive ketones (excluding diaryl/α,β-unsaturated/α-hetero) is 1. The molecule has 0 radical (unpaired) electrons. The number of hydrogen-bond acceptors (Lipinski definition) is 3. The van der Waals surface area contributed by atoms with Gasteiger partial charge in [0.05, 0.1) is 18.1 Å². The Morgan fingerprint density at radius 1 is 1.31 bits per heavy atom. The van der Waals surface area contributed by atoms with E-state index in [2.05, 4.69) is 22.6 Å². The minimum atomic E-state index is 0.0863. The van der Waals surface area contributed by atoms with Gasteiger partial charge in [-0.1, -0.05) is 22.6 Å². The number of carbonyl (C=O) groups excluding carboxylic acids is 1. The number of ketones is 1. The summed E-state index contributed by atoms with van der Waals surface area (Å²) < 4.78 is 10.7. The van der Waals surface area contributed by atoms with Gasteiger partial charge in [0.25, 0.3) is 0 Å². The number of rotatable bonds is 2. The molecule has 0 heterocycles. The van der Waals surface area contributed by atoms with E-state index in [-0.39, 0.29) is 9.71 Å². The summed E-state index contributed by atoms with van der Waals surface area (Å²) in [7, 11) is 3.22. The van der Waals surface area contributed by atoms with E-state index < -0.39 is 0 Å². The molecule has 0 spiro atoms. The Balaban J connectivity index is 2.57. The predicted octanol–water partition coefficient (Wildman–Crippen LogP) is 2.64. The van der Waals surface area contributed by atoms with E-state index in [0.29, 0.717) is 11.5 Å². The summed E-state index contributed by atoms with van der Waals surface area (Å²) in [6.07, 6.45) is 1.74. The lowest BCUT2D eigenvalue weighted by Gasteiger charge is -2.22. The van der Waals surface area contributed by atoms with Gasteiger partial charge in [-0.3, -0.25) is 4.79 Å². The molecule has 0 fully saturated rings. The van der Waals surface area contributed by atoms with Crippen LogP contribution in [0.15, 0.2) is 12.1 Å². The smallest absolute Gasteiger partial charge is 0.176 e. The maximum Gasteiger partial charge on any atom is 0.176 e. The average molecular weight is 332 g/mol. The topological polar surface area (TPSA) is 35.5 Å². The normalized spacial score (nSPS) is 19.2. The zero-order valence-corrected chi connectivity index (χ0v) is 11.4. The summed E-state index contributed by atoms with van der Waals surface area (Å²) in [6, 6.07) is 3.63. The third kappa shape index (κ3) is 1.79. The molecule has 0 aliphatic heterocycles. The van der Waals surface area contributed by atoms with E-state index >= 15 is 0 Å². The molecule has 0 amide bonds. The number of benzene rings is 1. The van der Waals surface area contributed by atoms with E-state index in [4.69, 9.17) is 9.47 Å². The molecule has 3 nitrogen and oxygen atoms in total. The summed E-state index contributed by atoms with van der Waals surface area (Å²) in [5.74, 6) is 1.60. The highest BCUT2D eigenvalue weighted by molar-refractivity contribution is 14.1. The fourth-order valence-corrected chi connectivity index (χ4v) is 2.69. The van der Waals surface area contributed by atoms with Gasteiger partial charge in [0, 0.05) is 11.1 Å².